The number of anilines is 1. The van der Waals surface area contributed by atoms with Crippen molar-refractivity contribution in [1.29, 1.82) is 0 Å². The zero-order valence-corrected chi connectivity index (χ0v) is 9.51. The van der Waals surface area contributed by atoms with E-state index in [0.717, 1.165) is 0 Å². The quantitative estimate of drug-likeness (QED) is 0.819. The molecule has 0 saturated carbocycles. The maximum absolute atomic E-state index is 11.7. The first kappa shape index (κ1) is 11.4. The molecule has 2 rings (SSSR count). The topological polar surface area (TPSA) is 69.6 Å². The van der Waals surface area contributed by atoms with Crippen LogP contribution in [0.3, 0.4) is 0 Å². The predicted molar refractivity (Wildman–Crippen MR) is 63.1 cm³/mol. The third-order valence-electron chi connectivity index (χ3n) is 2.91. The highest BCUT2D eigenvalue weighted by Gasteiger charge is 2.29. The maximum Gasteiger partial charge on any atom is 0.337 e. The molecular weight excluding hydrogens is 220 g/mol. The number of carbonyl (C=O) groups is 2. The van der Waals surface area contributed by atoms with Crippen molar-refractivity contribution in [3.63, 3.8) is 0 Å². The Kier molecular flexibility index (Phi) is 2.99. The first-order valence-corrected chi connectivity index (χ1v) is 5.43. The van der Waals surface area contributed by atoms with Gasteiger partial charge in [-0.05, 0) is 18.6 Å². The fraction of sp³-hybridized carbons (Fsp3) is 0.333. The van der Waals surface area contributed by atoms with E-state index in [0.29, 0.717) is 18.7 Å². The molecule has 1 unspecified atom stereocenters. The second kappa shape index (κ2) is 4.45. The van der Waals surface area contributed by atoms with Gasteiger partial charge in [-0.2, -0.15) is 0 Å². The number of nitrogens with one attached hydrogen (secondary N) is 1. The molecule has 0 aliphatic carbocycles. The Labute approximate surface area is 99.0 Å². The summed E-state index contributed by atoms with van der Waals surface area (Å²) in [5.41, 5.74) is 0.684. The molecule has 1 aromatic rings. The number of benzene rings is 1. The molecule has 1 amide bonds. The van der Waals surface area contributed by atoms with E-state index >= 15 is 0 Å². The van der Waals surface area contributed by atoms with Gasteiger partial charge in [0.2, 0.25) is 5.91 Å². The lowest BCUT2D eigenvalue weighted by Crippen LogP contribution is -2.31. The molecule has 1 saturated heterocycles. The number of aromatic carboxylic acids is 1. The van der Waals surface area contributed by atoms with Gasteiger partial charge in [0.1, 0.15) is 6.04 Å². The van der Waals surface area contributed by atoms with Crippen LogP contribution in [-0.2, 0) is 4.79 Å². The van der Waals surface area contributed by atoms with E-state index in [9.17, 15) is 9.59 Å². The zero-order valence-electron chi connectivity index (χ0n) is 9.51. The molecule has 1 fully saturated rings. The number of likely N-dealkylation sites (tertiary alicyclic amines) is 1. The third-order valence-corrected chi connectivity index (χ3v) is 2.91. The van der Waals surface area contributed by atoms with E-state index in [1.165, 1.54) is 6.07 Å². The van der Waals surface area contributed by atoms with Gasteiger partial charge in [-0.3, -0.25) is 4.79 Å². The summed E-state index contributed by atoms with van der Waals surface area (Å²) in [5, 5.41) is 12.0. The lowest BCUT2D eigenvalue weighted by atomic mass is 10.1. The maximum atomic E-state index is 11.7. The largest absolute Gasteiger partial charge is 0.478 e. The molecule has 17 heavy (non-hydrogen) atoms. The van der Waals surface area contributed by atoms with Crippen LogP contribution in [0.4, 0.5) is 5.69 Å². The highest BCUT2D eigenvalue weighted by molar-refractivity contribution is 5.95. The molecule has 1 aromatic carbocycles. The molecule has 90 valence electrons. The van der Waals surface area contributed by atoms with Crippen molar-refractivity contribution >= 4 is 17.6 Å². The molecule has 1 aliphatic rings. The average Bonchev–Trinajstić information content (AvgIpc) is 2.61. The van der Waals surface area contributed by atoms with E-state index in [1.807, 2.05) is 0 Å². The van der Waals surface area contributed by atoms with Crippen molar-refractivity contribution in [2.45, 2.75) is 12.5 Å². The number of amides is 1. The Bertz CT molecular complexity index is 459. The number of rotatable bonds is 3. The van der Waals surface area contributed by atoms with Crippen LogP contribution in [0.15, 0.2) is 24.3 Å². The molecule has 1 atom stereocenters. The van der Waals surface area contributed by atoms with Gasteiger partial charge in [-0.25, -0.2) is 4.79 Å². The van der Waals surface area contributed by atoms with Crippen molar-refractivity contribution in [2.75, 3.05) is 18.9 Å². The van der Waals surface area contributed by atoms with Crippen LogP contribution in [0.25, 0.3) is 0 Å². The number of nitrogens with zero attached hydrogens (tertiary/aromatic N) is 1. The lowest BCUT2D eigenvalue weighted by Gasteiger charge is -2.15. The fourth-order valence-electron chi connectivity index (χ4n) is 1.94. The summed E-state index contributed by atoms with van der Waals surface area (Å²) in [7, 11) is 1.74. The lowest BCUT2D eigenvalue weighted by molar-refractivity contribution is -0.127. The number of carbonyl (C=O) groups excluding carboxylic acids is 1. The Balaban J connectivity index is 2.19. The zero-order chi connectivity index (χ0) is 12.4. The SMILES string of the molecule is CN1CCC(Nc2ccccc2C(=O)O)C1=O. The van der Waals surface area contributed by atoms with Crippen molar-refractivity contribution in [3.8, 4) is 0 Å². The highest BCUT2D eigenvalue weighted by Crippen LogP contribution is 2.19. The van der Waals surface area contributed by atoms with Crippen LogP contribution in [0.1, 0.15) is 16.8 Å². The molecule has 0 bridgehead atoms. The van der Waals surface area contributed by atoms with Crippen LogP contribution in [0, 0.1) is 0 Å². The molecule has 2 N–H and O–H groups in total. The van der Waals surface area contributed by atoms with Gasteiger partial charge in [-0.1, -0.05) is 12.1 Å². The molecule has 0 radical (unpaired) electrons. The Morgan fingerprint density at radius 1 is 1.47 bits per heavy atom. The van der Waals surface area contributed by atoms with Crippen LogP contribution in [-0.4, -0.2) is 41.5 Å². The van der Waals surface area contributed by atoms with Crippen LogP contribution >= 0.6 is 0 Å². The summed E-state index contributed by atoms with van der Waals surface area (Å²) >= 11 is 0. The second-order valence-corrected chi connectivity index (χ2v) is 4.10. The van der Waals surface area contributed by atoms with E-state index in [4.69, 9.17) is 5.11 Å². The Morgan fingerprint density at radius 3 is 2.76 bits per heavy atom. The Hall–Kier alpha value is -2.04. The number of carboxylic acids is 1. The van der Waals surface area contributed by atoms with Gasteiger partial charge >= 0.3 is 5.97 Å². The molecule has 1 aliphatic heterocycles. The predicted octanol–water partition coefficient (Wildman–Crippen LogP) is 1.03. The Morgan fingerprint density at radius 2 is 2.18 bits per heavy atom. The van der Waals surface area contributed by atoms with E-state index in [2.05, 4.69) is 5.32 Å². The van der Waals surface area contributed by atoms with Crippen LogP contribution < -0.4 is 5.32 Å². The minimum absolute atomic E-state index is 0.00481. The van der Waals surface area contributed by atoms with Crippen LogP contribution in [0.2, 0.25) is 0 Å². The molecule has 1 heterocycles. The normalized spacial score (nSPS) is 19.5. The monoisotopic (exact) mass is 234 g/mol. The first-order chi connectivity index (χ1) is 8.09. The summed E-state index contributed by atoms with van der Waals surface area (Å²) in [4.78, 5) is 24.4. The number of likely N-dealkylation sites (N-methyl/N-ethyl adjacent to an activating group) is 1. The van der Waals surface area contributed by atoms with Gasteiger partial charge in [0.15, 0.2) is 0 Å². The standard InChI is InChI=1S/C12H14N2O3/c1-14-7-6-10(11(14)15)13-9-5-3-2-4-8(9)12(16)17/h2-5,10,13H,6-7H2,1H3,(H,16,17). The van der Waals surface area contributed by atoms with Crippen molar-refractivity contribution < 1.29 is 14.7 Å². The van der Waals surface area contributed by atoms with Gasteiger partial charge in [0.25, 0.3) is 0 Å². The first-order valence-electron chi connectivity index (χ1n) is 5.43. The number of hydrogen-bond acceptors (Lipinski definition) is 3. The third kappa shape index (κ3) is 2.22. The van der Waals surface area contributed by atoms with Gasteiger partial charge in [0, 0.05) is 19.3 Å². The van der Waals surface area contributed by atoms with Gasteiger partial charge in [-0.15, -0.1) is 0 Å². The van der Waals surface area contributed by atoms with E-state index in [1.54, 1.807) is 30.1 Å². The highest BCUT2D eigenvalue weighted by atomic mass is 16.4. The summed E-state index contributed by atoms with van der Waals surface area (Å²) in [5.74, 6) is -0.989. The second-order valence-electron chi connectivity index (χ2n) is 4.10. The molecule has 0 aromatic heterocycles. The average molecular weight is 234 g/mol. The van der Waals surface area contributed by atoms with Crippen molar-refractivity contribution in [3.05, 3.63) is 29.8 Å². The fourth-order valence-corrected chi connectivity index (χ4v) is 1.94. The number of para-hydroxylation sites is 1. The number of carboxylic acid groups (broad SMARTS) is 1. The number of hydrogen-bond donors (Lipinski definition) is 2. The molecule has 5 nitrogen and oxygen atoms in total. The summed E-state index contributed by atoms with van der Waals surface area (Å²) < 4.78 is 0. The van der Waals surface area contributed by atoms with E-state index < -0.39 is 5.97 Å². The minimum atomic E-state index is -0.994. The van der Waals surface area contributed by atoms with Gasteiger partial charge in [0.05, 0.1) is 5.56 Å². The molecule has 5 heteroatoms. The molecular formula is C12H14N2O3. The summed E-state index contributed by atoms with van der Waals surface area (Å²) in [6.07, 6.45) is 0.698. The van der Waals surface area contributed by atoms with Crippen molar-refractivity contribution in [1.82, 2.24) is 4.90 Å². The summed E-state index contributed by atoms with van der Waals surface area (Å²) in [6, 6.07) is 6.29. The smallest absolute Gasteiger partial charge is 0.337 e. The van der Waals surface area contributed by atoms with E-state index in [-0.39, 0.29) is 17.5 Å². The minimum Gasteiger partial charge on any atom is -0.478 e. The molecule has 0 spiro atoms. The van der Waals surface area contributed by atoms with Crippen molar-refractivity contribution in [2.24, 2.45) is 0 Å². The van der Waals surface area contributed by atoms with Crippen LogP contribution in [0.5, 0.6) is 0 Å². The van der Waals surface area contributed by atoms with Gasteiger partial charge < -0.3 is 15.3 Å². The summed E-state index contributed by atoms with van der Waals surface area (Å²) in [6.45, 7) is 0.700.